The molecule has 0 aliphatic carbocycles. The van der Waals surface area contributed by atoms with Crippen molar-refractivity contribution in [3.63, 3.8) is 0 Å². The van der Waals surface area contributed by atoms with Gasteiger partial charge in [-0.15, -0.1) is 0 Å². The van der Waals surface area contributed by atoms with Crippen molar-refractivity contribution in [1.29, 1.82) is 0 Å². The van der Waals surface area contributed by atoms with E-state index >= 15 is 0 Å². The number of halogens is 3. The summed E-state index contributed by atoms with van der Waals surface area (Å²) in [6.07, 6.45) is 0. The van der Waals surface area contributed by atoms with E-state index in [4.69, 9.17) is 34.8 Å². The molecule has 0 heterocycles. The molecular weight excluding hydrogens is 319 g/mol. The maximum Gasteiger partial charge on any atom is 0.236 e. The topological polar surface area (TPSA) is 32.3 Å². The van der Waals surface area contributed by atoms with Gasteiger partial charge in [-0.25, -0.2) is 0 Å². The Bertz CT molecular complexity index is 476. The number of nitrogens with one attached hydrogen (secondary N) is 1. The number of likely N-dealkylation sites (N-methyl/N-ethyl adjacent to an activating group) is 1. The van der Waals surface area contributed by atoms with Crippen LogP contribution in [-0.4, -0.2) is 30.4 Å². The van der Waals surface area contributed by atoms with Crippen LogP contribution in [0.1, 0.15) is 32.4 Å². The predicted molar refractivity (Wildman–Crippen MR) is 85.8 cm³/mol. The normalized spacial score (nSPS) is 12.3. The molecule has 1 aromatic rings. The lowest BCUT2D eigenvalue weighted by Gasteiger charge is -2.21. The Morgan fingerprint density at radius 2 is 1.80 bits per heavy atom. The van der Waals surface area contributed by atoms with Crippen LogP contribution in [0.2, 0.25) is 15.1 Å². The minimum Gasteiger partial charge on any atom is -0.342 e. The van der Waals surface area contributed by atoms with Gasteiger partial charge in [-0.05, 0) is 32.4 Å². The van der Waals surface area contributed by atoms with Crippen molar-refractivity contribution in [2.24, 2.45) is 0 Å². The molecule has 0 aromatic heterocycles. The highest BCUT2D eigenvalue weighted by atomic mass is 35.5. The SMILES string of the molecule is CCN(CC)C(=O)CNC(C)c1ccc(Cl)c(Cl)c1Cl. The van der Waals surface area contributed by atoms with Crippen LogP contribution in [0.4, 0.5) is 0 Å². The molecule has 0 bridgehead atoms. The van der Waals surface area contributed by atoms with E-state index < -0.39 is 0 Å². The Morgan fingerprint density at radius 3 is 2.35 bits per heavy atom. The van der Waals surface area contributed by atoms with Crippen LogP contribution in [0, 0.1) is 0 Å². The quantitative estimate of drug-likeness (QED) is 0.790. The Kier molecular flexibility index (Phi) is 7.10. The molecule has 20 heavy (non-hydrogen) atoms. The molecule has 0 saturated carbocycles. The second kappa shape index (κ2) is 8.08. The second-order valence-electron chi connectivity index (χ2n) is 4.43. The molecule has 1 unspecified atom stereocenters. The Labute approximate surface area is 135 Å². The van der Waals surface area contributed by atoms with E-state index in [9.17, 15) is 4.79 Å². The molecule has 0 spiro atoms. The Hall–Kier alpha value is -0.480. The molecule has 0 radical (unpaired) electrons. The summed E-state index contributed by atoms with van der Waals surface area (Å²) in [6.45, 7) is 7.53. The van der Waals surface area contributed by atoms with E-state index in [-0.39, 0.29) is 18.5 Å². The minimum atomic E-state index is -0.0863. The van der Waals surface area contributed by atoms with Gasteiger partial charge < -0.3 is 10.2 Å². The van der Waals surface area contributed by atoms with Crippen LogP contribution < -0.4 is 5.32 Å². The third-order valence-electron chi connectivity index (χ3n) is 3.21. The van der Waals surface area contributed by atoms with Gasteiger partial charge in [0.05, 0.1) is 21.6 Å². The summed E-state index contributed by atoms with van der Waals surface area (Å²) >= 11 is 18.1. The third-order valence-corrected chi connectivity index (χ3v) is 4.52. The van der Waals surface area contributed by atoms with Crippen LogP contribution in [0.15, 0.2) is 12.1 Å². The molecule has 1 atom stereocenters. The summed E-state index contributed by atoms with van der Waals surface area (Å²) in [6, 6.07) is 3.43. The van der Waals surface area contributed by atoms with Crippen molar-refractivity contribution < 1.29 is 4.79 Å². The first-order valence-corrected chi connectivity index (χ1v) is 7.70. The van der Waals surface area contributed by atoms with Gasteiger partial charge >= 0.3 is 0 Å². The van der Waals surface area contributed by atoms with E-state index in [1.54, 1.807) is 11.0 Å². The molecule has 112 valence electrons. The molecule has 0 fully saturated rings. The summed E-state index contributed by atoms with van der Waals surface area (Å²) < 4.78 is 0. The molecular formula is C14H19Cl3N2O. The maximum absolute atomic E-state index is 11.9. The lowest BCUT2D eigenvalue weighted by molar-refractivity contribution is -0.129. The first-order valence-electron chi connectivity index (χ1n) is 6.56. The molecule has 1 aromatic carbocycles. The largest absolute Gasteiger partial charge is 0.342 e. The number of amides is 1. The molecule has 0 aliphatic heterocycles. The molecule has 0 aliphatic rings. The van der Waals surface area contributed by atoms with Crippen LogP contribution >= 0.6 is 34.8 Å². The zero-order chi connectivity index (χ0) is 15.3. The monoisotopic (exact) mass is 336 g/mol. The van der Waals surface area contributed by atoms with Crippen LogP contribution in [-0.2, 0) is 4.79 Å². The number of hydrogen-bond donors (Lipinski definition) is 1. The predicted octanol–water partition coefficient (Wildman–Crippen LogP) is 4.17. The van der Waals surface area contributed by atoms with Crippen molar-refractivity contribution in [3.8, 4) is 0 Å². The molecule has 1 N–H and O–H groups in total. The van der Waals surface area contributed by atoms with Crippen molar-refractivity contribution in [3.05, 3.63) is 32.8 Å². The standard InChI is InChI=1S/C14H19Cl3N2O/c1-4-19(5-2)12(20)8-18-9(3)10-6-7-11(15)14(17)13(10)16/h6-7,9,18H,4-5,8H2,1-3H3. The van der Waals surface area contributed by atoms with Crippen molar-refractivity contribution in [2.75, 3.05) is 19.6 Å². The minimum absolute atomic E-state index is 0.0676. The first-order chi connectivity index (χ1) is 9.42. The van der Waals surface area contributed by atoms with Gasteiger partial charge in [0.1, 0.15) is 0 Å². The molecule has 0 saturated heterocycles. The van der Waals surface area contributed by atoms with E-state index in [0.29, 0.717) is 28.2 Å². The highest BCUT2D eigenvalue weighted by molar-refractivity contribution is 6.48. The lowest BCUT2D eigenvalue weighted by atomic mass is 10.1. The fourth-order valence-electron chi connectivity index (χ4n) is 1.91. The number of rotatable bonds is 6. The zero-order valence-corrected chi connectivity index (χ0v) is 14.1. The summed E-state index contributed by atoms with van der Waals surface area (Å²) in [5.41, 5.74) is 0.827. The Morgan fingerprint density at radius 1 is 1.20 bits per heavy atom. The summed E-state index contributed by atoms with van der Waals surface area (Å²) in [7, 11) is 0. The van der Waals surface area contributed by atoms with Gasteiger partial charge in [-0.3, -0.25) is 4.79 Å². The van der Waals surface area contributed by atoms with Crippen LogP contribution in [0.3, 0.4) is 0 Å². The molecule has 1 rings (SSSR count). The highest BCUT2D eigenvalue weighted by Crippen LogP contribution is 2.35. The number of hydrogen-bond acceptors (Lipinski definition) is 2. The summed E-state index contributed by atoms with van der Waals surface area (Å²) in [5.74, 6) is 0.0676. The lowest BCUT2D eigenvalue weighted by Crippen LogP contribution is -2.38. The van der Waals surface area contributed by atoms with E-state index in [1.165, 1.54) is 0 Å². The third kappa shape index (κ3) is 4.26. The summed E-state index contributed by atoms with van der Waals surface area (Å²) in [4.78, 5) is 13.7. The van der Waals surface area contributed by atoms with Crippen LogP contribution in [0.25, 0.3) is 0 Å². The molecule has 6 heteroatoms. The van der Waals surface area contributed by atoms with Crippen molar-refractivity contribution in [2.45, 2.75) is 26.8 Å². The van der Waals surface area contributed by atoms with E-state index in [1.807, 2.05) is 26.8 Å². The Balaban J connectivity index is 2.71. The van der Waals surface area contributed by atoms with Crippen LogP contribution in [0.5, 0.6) is 0 Å². The average Bonchev–Trinajstić information content (AvgIpc) is 2.43. The number of carbonyl (C=O) groups is 1. The number of nitrogens with zero attached hydrogens (tertiary/aromatic N) is 1. The van der Waals surface area contributed by atoms with Gasteiger partial charge in [0.15, 0.2) is 0 Å². The highest BCUT2D eigenvalue weighted by Gasteiger charge is 2.16. The molecule has 3 nitrogen and oxygen atoms in total. The van der Waals surface area contributed by atoms with Crippen molar-refractivity contribution in [1.82, 2.24) is 10.2 Å². The molecule has 1 amide bonds. The van der Waals surface area contributed by atoms with Gasteiger partial charge in [-0.2, -0.15) is 0 Å². The van der Waals surface area contributed by atoms with Gasteiger partial charge in [-0.1, -0.05) is 40.9 Å². The first kappa shape index (κ1) is 17.6. The van der Waals surface area contributed by atoms with Gasteiger partial charge in [0, 0.05) is 19.1 Å². The fourth-order valence-corrected chi connectivity index (χ4v) is 2.62. The number of carbonyl (C=O) groups excluding carboxylic acids is 1. The van der Waals surface area contributed by atoms with Gasteiger partial charge in [0.25, 0.3) is 0 Å². The zero-order valence-electron chi connectivity index (χ0n) is 11.8. The van der Waals surface area contributed by atoms with E-state index in [2.05, 4.69) is 5.32 Å². The second-order valence-corrected chi connectivity index (χ2v) is 5.60. The smallest absolute Gasteiger partial charge is 0.236 e. The number of benzene rings is 1. The maximum atomic E-state index is 11.9. The van der Waals surface area contributed by atoms with Crippen molar-refractivity contribution >= 4 is 40.7 Å². The average molecular weight is 338 g/mol. The summed E-state index contributed by atoms with van der Waals surface area (Å²) in [5, 5.41) is 4.35. The van der Waals surface area contributed by atoms with Gasteiger partial charge in [0.2, 0.25) is 5.91 Å². The van der Waals surface area contributed by atoms with E-state index in [0.717, 1.165) is 5.56 Å². The fraction of sp³-hybridized carbons (Fsp3) is 0.500.